The van der Waals surface area contributed by atoms with Gasteiger partial charge in [-0.1, -0.05) is 24.3 Å². The second-order valence-corrected chi connectivity index (χ2v) is 5.80. The molecule has 1 N–H and O–H groups in total. The molecule has 1 aromatic carbocycles. The van der Waals surface area contributed by atoms with Crippen molar-refractivity contribution in [2.45, 2.75) is 11.8 Å². The van der Waals surface area contributed by atoms with Gasteiger partial charge in [-0.2, -0.15) is 0 Å². The van der Waals surface area contributed by atoms with Crippen LogP contribution in [0.3, 0.4) is 0 Å². The molecule has 0 aliphatic heterocycles. The van der Waals surface area contributed by atoms with Gasteiger partial charge in [0.15, 0.2) is 0 Å². The fourth-order valence-corrected chi connectivity index (χ4v) is 3.06. The van der Waals surface area contributed by atoms with Gasteiger partial charge in [-0.15, -0.1) is 0 Å². The fraction of sp³-hybridized carbons (Fsp3) is 0.200. The van der Waals surface area contributed by atoms with E-state index in [-0.39, 0.29) is 11.4 Å². The van der Waals surface area contributed by atoms with Crippen molar-refractivity contribution < 1.29 is 8.42 Å². The summed E-state index contributed by atoms with van der Waals surface area (Å²) in [4.78, 5) is 0.242. The highest BCUT2D eigenvalue weighted by atomic mass is 79.9. The molecule has 0 aromatic heterocycles. The number of hydrogen-bond acceptors (Lipinski definition) is 2. The number of halogens is 1. The fourth-order valence-electron chi connectivity index (χ4n) is 0.959. The van der Waals surface area contributed by atoms with E-state index < -0.39 is 10.0 Å². The first-order chi connectivity index (χ1) is 6.93. The lowest BCUT2D eigenvalue weighted by Crippen LogP contribution is -2.25. The predicted octanol–water partition coefficient (Wildman–Crippen LogP) is 2.30. The maximum absolute atomic E-state index is 11.8. The van der Waals surface area contributed by atoms with Crippen LogP contribution in [0.2, 0.25) is 0 Å². The highest BCUT2D eigenvalue weighted by Gasteiger charge is 2.15. The minimum atomic E-state index is -3.44. The molecule has 0 fully saturated rings. The SMILES string of the molecule is C=C(C)CNS(=O)(=O)c1ccccc1Br. The summed E-state index contributed by atoms with van der Waals surface area (Å²) in [6, 6.07) is 6.68. The Balaban J connectivity index is 2.97. The Kier molecular flexibility index (Phi) is 4.07. The molecule has 82 valence electrons. The van der Waals surface area contributed by atoms with E-state index in [9.17, 15) is 8.42 Å². The maximum atomic E-state index is 11.8. The van der Waals surface area contributed by atoms with Gasteiger partial charge in [0.25, 0.3) is 0 Å². The maximum Gasteiger partial charge on any atom is 0.241 e. The van der Waals surface area contributed by atoms with Gasteiger partial charge in [-0.3, -0.25) is 0 Å². The zero-order chi connectivity index (χ0) is 11.5. The van der Waals surface area contributed by atoms with Crippen molar-refractivity contribution >= 4 is 26.0 Å². The summed E-state index contributed by atoms with van der Waals surface area (Å²) >= 11 is 3.20. The van der Waals surface area contributed by atoms with Crippen molar-refractivity contribution in [3.8, 4) is 0 Å². The molecule has 0 atom stereocenters. The van der Waals surface area contributed by atoms with Gasteiger partial charge >= 0.3 is 0 Å². The average Bonchev–Trinajstić information content (AvgIpc) is 2.15. The van der Waals surface area contributed by atoms with Gasteiger partial charge < -0.3 is 0 Å². The van der Waals surface area contributed by atoms with E-state index in [4.69, 9.17) is 0 Å². The summed E-state index contributed by atoms with van der Waals surface area (Å²) in [7, 11) is -3.44. The Morgan fingerprint density at radius 3 is 2.60 bits per heavy atom. The van der Waals surface area contributed by atoms with Crippen molar-refractivity contribution in [3.05, 3.63) is 40.9 Å². The molecule has 0 unspecified atom stereocenters. The van der Waals surface area contributed by atoms with Crippen LogP contribution in [-0.4, -0.2) is 15.0 Å². The summed E-state index contributed by atoms with van der Waals surface area (Å²) in [5, 5.41) is 0. The van der Waals surface area contributed by atoms with Crippen molar-refractivity contribution in [2.75, 3.05) is 6.54 Å². The molecule has 1 rings (SSSR count). The first-order valence-corrected chi connectivity index (χ1v) is 6.59. The van der Waals surface area contributed by atoms with Crippen LogP contribution in [0.5, 0.6) is 0 Å². The van der Waals surface area contributed by atoms with Crippen LogP contribution in [0.4, 0.5) is 0 Å². The average molecular weight is 290 g/mol. The van der Waals surface area contributed by atoms with Gasteiger partial charge in [0.2, 0.25) is 10.0 Å². The van der Waals surface area contributed by atoms with Crippen LogP contribution in [0.25, 0.3) is 0 Å². The highest BCUT2D eigenvalue weighted by Crippen LogP contribution is 2.20. The molecule has 1 aromatic rings. The Bertz CT molecular complexity index is 468. The van der Waals surface area contributed by atoms with Gasteiger partial charge in [0, 0.05) is 11.0 Å². The Morgan fingerprint density at radius 2 is 2.07 bits per heavy atom. The van der Waals surface area contributed by atoms with Gasteiger partial charge in [-0.25, -0.2) is 13.1 Å². The highest BCUT2D eigenvalue weighted by molar-refractivity contribution is 9.10. The van der Waals surface area contributed by atoms with Crippen LogP contribution >= 0.6 is 15.9 Å². The molecule has 5 heteroatoms. The zero-order valence-electron chi connectivity index (χ0n) is 8.33. The smallest absolute Gasteiger partial charge is 0.207 e. The molecule has 0 spiro atoms. The van der Waals surface area contributed by atoms with Crippen molar-refractivity contribution in [2.24, 2.45) is 0 Å². The molecule has 0 radical (unpaired) electrons. The number of nitrogens with one attached hydrogen (secondary N) is 1. The van der Waals surface area contributed by atoms with Gasteiger partial charge in [-0.05, 0) is 35.0 Å². The van der Waals surface area contributed by atoms with E-state index in [1.807, 2.05) is 0 Å². The number of sulfonamides is 1. The van der Waals surface area contributed by atoms with Crippen molar-refractivity contribution in [1.82, 2.24) is 4.72 Å². The summed E-state index contributed by atoms with van der Waals surface area (Å²) in [5.74, 6) is 0. The summed E-state index contributed by atoms with van der Waals surface area (Å²) in [6.07, 6.45) is 0. The van der Waals surface area contributed by atoms with E-state index in [0.717, 1.165) is 5.57 Å². The van der Waals surface area contributed by atoms with Gasteiger partial charge in [0.05, 0.1) is 4.90 Å². The Labute approximate surface area is 98.4 Å². The standard InChI is InChI=1S/C10H12BrNO2S/c1-8(2)7-12-15(13,14)10-6-4-3-5-9(10)11/h3-6,12H,1,7H2,2H3. The lowest BCUT2D eigenvalue weighted by molar-refractivity contribution is 0.584. The van der Waals surface area contributed by atoms with E-state index >= 15 is 0 Å². The summed E-state index contributed by atoms with van der Waals surface area (Å²) in [5.41, 5.74) is 0.769. The van der Waals surface area contributed by atoms with Crippen LogP contribution in [0.1, 0.15) is 6.92 Å². The minimum Gasteiger partial charge on any atom is -0.207 e. The second-order valence-electron chi connectivity index (χ2n) is 3.21. The molecule has 0 aliphatic rings. The number of benzene rings is 1. The third kappa shape index (κ3) is 3.44. The molecule has 0 aliphatic carbocycles. The third-order valence-electron chi connectivity index (χ3n) is 1.69. The zero-order valence-corrected chi connectivity index (χ0v) is 10.7. The Morgan fingerprint density at radius 1 is 1.47 bits per heavy atom. The first kappa shape index (κ1) is 12.4. The van der Waals surface area contributed by atoms with Crippen molar-refractivity contribution in [3.63, 3.8) is 0 Å². The molecule has 0 saturated heterocycles. The molecule has 0 heterocycles. The summed E-state index contributed by atoms with van der Waals surface area (Å²) in [6.45, 7) is 5.66. The van der Waals surface area contributed by atoms with E-state index in [1.165, 1.54) is 0 Å². The van der Waals surface area contributed by atoms with Crippen LogP contribution in [0, 0.1) is 0 Å². The molecule has 0 saturated carbocycles. The third-order valence-corrected chi connectivity index (χ3v) is 4.10. The normalized spacial score (nSPS) is 11.3. The van der Waals surface area contributed by atoms with Crippen molar-refractivity contribution in [1.29, 1.82) is 0 Å². The lowest BCUT2D eigenvalue weighted by atomic mass is 10.4. The quantitative estimate of drug-likeness (QED) is 0.865. The van der Waals surface area contributed by atoms with E-state index in [1.54, 1.807) is 31.2 Å². The van der Waals surface area contributed by atoms with Crippen LogP contribution in [-0.2, 0) is 10.0 Å². The molecule has 15 heavy (non-hydrogen) atoms. The first-order valence-electron chi connectivity index (χ1n) is 4.32. The molecular weight excluding hydrogens is 278 g/mol. The largest absolute Gasteiger partial charge is 0.241 e. The molecule has 3 nitrogen and oxygen atoms in total. The van der Waals surface area contributed by atoms with E-state index in [2.05, 4.69) is 27.2 Å². The molecule has 0 bridgehead atoms. The monoisotopic (exact) mass is 289 g/mol. The van der Waals surface area contributed by atoms with Crippen LogP contribution < -0.4 is 4.72 Å². The topological polar surface area (TPSA) is 46.2 Å². The van der Waals surface area contributed by atoms with Crippen LogP contribution in [0.15, 0.2) is 45.8 Å². The summed E-state index contributed by atoms with van der Waals surface area (Å²) < 4.78 is 26.6. The molecule has 0 amide bonds. The minimum absolute atomic E-state index is 0.242. The Hall–Kier alpha value is -0.650. The second kappa shape index (κ2) is 4.92. The lowest BCUT2D eigenvalue weighted by Gasteiger charge is -2.07. The number of hydrogen-bond donors (Lipinski definition) is 1. The molecular formula is C10H12BrNO2S. The van der Waals surface area contributed by atoms with E-state index in [0.29, 0.717) is 4.47 Å². The van der Waals surface area contributed by atoms with Gasteiger partial charge in [0.1, 0.15) is 0 Å². The number of rotatable bonds is 4. The predicted molar refractivity (Wildman–Crippen MR) is 64.1 cm³/mol.